The zero-order valence-electron chi connectivity index (χ0n) is 10.8. The van der Waals surface area contributed by atoms with Crippen LogP contribution in [0.2, 0.25) is 0 Å². The van der Waals surface area contributed by atoms with Gasteiger partial charge in [-0.15, -0.1) is 11.6 Å². The molecule has 0 heterocycles. The van der Waals surface area contributed by atoms with Gasteiger partial charge in [0.25, 0.3) is 0 Å². The molecule has 0 radical (unpaired) electrons. The number of halogens is 2. The minimum absolute atomic E-state index is 0.269. The van der Waals surface area contributed by atoms with Gasteiger partial charge >= 0.3 is 0 Å². The van der Waals surface area contributed by atoms with Crippen molar-refractivity contribution in [1.82, 2.24) is 0 Å². The topological polar surface area (TPSA) is 38.3 Å². The Hall–Kier alpha value is -1.52. The van der Waals surface area contributed by atoms with E-state index in [1.807, 2.05) is 30.3 Å². The molecule has 2 aromatic carbocycles. The summed E-state index contributed by atoms with van der Waals surface area (Å²) in [6.07, 6.45) is 0. The summed E-state index contributed by atoms with van der Waals surface area (Å²) in [6, 6.07) is 14.5. The number of nitrogens with one attached hydrogen (secondary N) is 1. The molecule has 0 aliphatic heterocycles. The summed E-state index contributed by atoms with van der Waals surface area (Å²) >= 11 is 9.53. The normalized spacial score (nSPS) is 11.8. The fourth-order valence-electron chi connectivity index (χ4n) is 1.72. The molecule has 1 atom stereocenters. The van der Waals surface area contributed by atoms with E-state index in [2.05, 4.69) is 21.2 Å². The minimum Gasteiger partial charge on any atom is -0.496 e. The van der Waals surface area contributed by atoms with Crippen LogP contribution in [-0.2, 0) is 4.79 Å². The molecule has 2 aromatic rings. The summed E-state index contributed by atoms with van der Waals surface area (Å²) in [7, 11) is 1.59. The first-order chi connectivity index (χ1) is 9.61. The van der Waals surface area contributed by atoms with Crippen LogP contribution in [0.15, 0.2) is 53.0 Å². The lowest BCUT2D eigenvalue weighted by Crippen LogP contribution is -2.17. The SMILES string of the molecule is COc1ccc(NC(=O)C(Cl)c2ccccc2)cc1Br. The summed E-state index contributed by atoms with van der Waals surface area (Å²) in [5.41, 5.74) is 1.42. The highest BCUT2D eigenvalue weighted by Crippen LogP contribution is 2.29. The number of hydrogen-bond acceptors (Lipinski definition) is 2. The largest absolute Gasteiger partial charge is 0.496 e. The molecule has 5 heteroatoms. The van der Waals surface area contributed by atoms with Crippen LogP contribution in [0.3, 0.4) is 0 Å². The molecule has 0 aliphatic carbocycles. The van der Waals surface area contributed by atoms with Crippen molar-refractivity contribution in [2.45, 2.75) is 5.38 Å². The van der Waals surface area contributed by atoms with Gasteiger partial charge in [0.15, 0.2) is 0 Å². The molecular formula is C15H13BrClNO2. The smallest absolute Gasteiger partial charge is 0.246 e. The van der Waals surface area contributed by atoms with E-state index in [-0.39, 0.29) is 5.91 Å². The average molecular weight is 355 g/mol. The van der Waals surface area contributed by atoms with Crippen molar-refractivity contribution in [3.05, 3.63) is 58.6 Å². The molecule has 2 rings (SSSR count). The van der Waals surface area contributed by atoms with Crippen LogP contribution < -0.4 is 10.1 Å². The third kappa shape index (κ3) is 3.52. The van der Waals surface area contributed by atoms with Gasteiger partial charge in [-0.25, -0.2) is 0 Å². The van der Waals surface area contributed by atoms with E-state index in [0.717, 1.165) is 10.0 Å². The highest BCUT2D eigenvalue weighted by molar-refractivity contribution is 9.10. The fourth-order valence-corrected chi connectivity index (χ4v) is 2.46. The van der Waals surface area contributed by atoms with Crippen LogP contribution in [0.25, 0.3) is 0 Å². The molecule has 0 aromatic heterocycles. The highest BCUT2D eigenvalue weighted by Gasteiger charge is 2.17. The molecule has 20 heavy (non-hydrogen) atoms. The summed E-state index contributed by atoms with van der Waals surface area (Å²) in [6.45, 7) is 0. The number of benzene rings is 2. The Morgan fingerprint density at radius 1 is 1.25 bits per heavy atom. The average Bonchev–Trinajstić information content (AvgIpc) is 2.47. The van der Waals surface area contributed by atoms with Crippen LogP contribution >= 0.6 is 27.5 Å². The number of methoxy groups -OCH3 is 1. The quantitative estimate of drug-likeness (QED) is 0.828. The van der Waals surface area contributed by atoms with Gasteiger partial charge in [0.05, 0.1) is 11.6 Å². The number of hydrogen-bond donors (Lipinski definition) is 1. The lowest BCUT2D eigenvalue weighted by molar-refractivity contribution is -0.116. The van der Waals surface area contributed by atoms with Crippen molar-refractivity contribution in [1.29, 1.82) is 0 Å². The Morgan fingerprint density at radius 3 is 2.55 bits per heavy atom. The zero-order chi connectivity index (χ0) is 14.5. The molecular weight excluding hydrogens is 342 g/mol. The first-order valence-electron chi connectivity index (χ1n) is 5.95. The maximum absolute atomic E-state index is 12.1. The molecule has 1 unspecified atom stereocenters. The van der Waals surface area contributed by atoms with Gasteiger partial charge in [0.1, 0.15) is 11.1 Å². The number of anilines is 1. The number of amides is 1. The summed E-state index contributed by atoms with van der Waals surface area (Å²) in [5.74, 6) is 0.434. The Labute approximate surface area is 131 Å². The van der Waals surface area contributed by atoms with Crippen molar-refractivity contribution >= 4 is 39.1 Å². The van der Waals surface area contributed by atoms with Gasteiger partial charge in [-0.2, -0.15) is 0 Å². The third-order valence-corrected chi connectivity index (χ3v) is 3.81. The van der Waals surface area contributed by atoms with Gasteiger partial charge in [0.2, 0.25) is 5.91 Å². The van der Waals surface area contributed by atoms with Crippen molar-refractivity contribution < 1.29 is 9.53 Å². The van der Waals surface area contributed by atoms with Gasteiger partial charge in [-0.1, -0.05) is 30.3 Å². The van der Waals surface area contributed by atoms with E-state index in [4.69, 9.17) is 16.3 Å². The number of rotatable bonds is 4. The van der Waals surface area contributed by atoms with E-state index in [1.54, 1.807) is 25.3 Å². The highest BCUT2D eigenvalue weighted by atomic mass is 79.9. The van der Waals surface area contributed by atoms with E-state index in [0.29, 0.717) is 11.4 Å². The van der Waals surface area contributed by atoms with E-state index in [9.17, 15) is 4.79 Å². The number of alkyl halides is 1. The van der Waals surface area contributed by atoms with Crippen LogP contribution in [0.5, 0.6) is 5.75 Å². The van der Waals surface area contributed by atoms with Crippen molar-refractivity contribution in [3.8, 4) is 5.75 Å². The number of ether oxygens (including phenoxy) is 1. The standard InChI is InChI=1S/C15H13BrClNO2/c1-20-13-8-7-11(9-12(13)16)18-15(19)14(17)10-5-3-2-4-6-10/h2-9,14H,1H3,(H,18,19). The summed E-state index contributed by atoms with van der Waals surface area (Å²) in [4.78, 5) is 12.1. The lowest BCUT2D eigenvalue weighted by atomic mass is 10.1. The maximum Gasteiger partial charge on any atom is 0.246 e. The second-order valence-corrected chi connectivity index (χ2v) is 5.40. The monoisotopic (exact) mass is 353 g/mol. The van der Waals surface area contributed by atoms with E-state index < -0.39 is 5.38 Å². The van der Waals surface area contributed by atoms with E-state index >= 15 is 0 Å². The van der Waals surface area contributed by atoms with Gasteiger partial charge in [-0.05, 0) is 39.7 Å². The fraction of sp³-hybridized carbons (Fsp3) is 0.133. The molecule has 104 valence electrons. The van der Waals surface area contributed by atoms with Crippen molar-refractivity contribution in [2.24, 2.45) is 0 Å². The summed E-state index contributed by atoms with van der Waals surface area (Å²) in [5, 5.41) is 2.05. The predicted octanol–water partition coefficient (Wildman–Crippen LogP) is 4.38. The predicted molar refractivity (Wildman–Crippen MR) is 84.4 cm³/mol. The first kappa shape index (κ1) is 14.9. The van der Waals surface area contributed by atoms with E-state index in [1.165, 1.54) is 0 Å². The maximum atomic E-state index is 12.1. The number of carbonyl (C=O) groups excluding carboxylic acids is 1. The summed E-state index contributed by atoms with van der Waals surface area (Å²) < 4.78 is 5.90. The lowest BCUT2D eigenvalue weighted by Gasteiger charge is -2.12. The Bertz CT molecular complexity index is 604. The van der Waals surface area contributed by atoms with Crippen LogP contribution in [0, 0.1) is 0 Å². The van der Waals surface area contributed by atoms with Gasteiger partial charge in [-0.3, -0.25) is 4.79 Å². The second-order valence-electron chi connectivity index (χ2n) is 4.11. The zero-order valence-corrected chi connectivity index (χ0v) is 13.1. The Morgan fingerprint density at radius 2 is 1.95 bits per heavy atom. The third-order valence-electron chi connectivity index (χ3n) is 2.74. The molecule has 0 fully saturated rings. The molecule has 0 saturated carbocycles. The Balaban J connectivity index is 2.10. The van der Waals surface area contributed by atoms with Crippen molar-refractivity contribution in [2.75, 3.05) is 12.4 Å². The molecule has 1 N–H and O–H groups in total. The molecule has 0 bridgehead atoms. The van der Waals surface area contributed by atoms with Gasteiger partial charge in [0, 0.05) is 5.69 Å². The molecule has 1 amide bonds. The molecule has 0 spiro atoms. The van der Waals surface area contributed by atoms with Crippen molar-refractivity contribution in [3.63, 3.8) is 0 Å². The second kappa shape index (κ2) is 6.77. The Kier molecular flexibility index (Phi) is 5.04. The van der Waals surface area contributed by atoms with Crippen LogP contribution in [0.1, 0.15) is 10.9 Å². The molecule has 0 saturated heterocycles. The van der Waals surface area contributed by atoms with Gasteiger partial charge < -0.3 is 10.1 Å². The minimum atomic E-state index is -0.725. The molecule has 3 nitrogen and oxygen atoms in total. The first-order valence-corrected chi connectivity index (χ1v) is 7.18. The van der Waals surface area contributed by atoms with Crippen LogP contribution in [-0.4, -0.2) is 13.0 Å². The molecule has 0 aliphatic rings. The van der Waals surface area contributed by atoms with Crippen LogP contribution in [0.4, 0.5) is 5.69 Å². The number of carbonyl (C=O) groups is 1.